The summed E-state index contributed by atoms with van der Waals surface area (Å²) in [6.45, 7) is 5.32. The predicted octanol–water partition coefficient (Wildman–Crippen LogP) is 0.167. The Hall–Kier alpha value is -1.48. The van der Waals surface area contributed by atoms with Gasteiger partial charge in [0.1, 0.15) is 0 Å². The van der Waals surface area contributed by atoms with Crippen LogP contribution in [0, 0.1) is 5.92 Å². The zero-order valence-electron chi connectivity index (χ0n) is 13.1. The molecular formula is C13H22N4O4S. The van der Waals surface area contributed by atoms with Gasteiger partial charge in [-0.3, -0.25) is 4.90 Å². The van der Waals surface area contributed by atoms with Gasteiger partial charge in [0.2, 0.25) is 0 Å². The van der Waals surface area contributed by atoms with Gasteiger partial charge < -0.3 is 4.74 Å². The molecule has 0 bridgehead atoms. The van der Waals surface area contributed by atoms with Gasteiger partial charge in [-0.15, -0.1) is 5.10 Å². The minimum absolute atomic E-state index is 0.0156. The van der Waals surface area contributed by atoms with Crippen molar-refractivity contribution in [2.24, 2.45) is 5.92 Å². The van der Waals surface area contributed by atoms with Crippen LogP contribution >= 0.6 is 0 Å². The van der Waals surface area contributed by atoms with Gasteiger partial charge in [-0.25, -0.2) is 17.9 Å². The van der Waals surface area contributed by atoms with Crippen molar-refractivity contribution >= 4 is 15.8 Å². The monoisotopic (exact) mass is 330 g/mol. The molecule has 1 aromatic rings. The maximum Gasteiger partial charge on any atom is 0.360 e. The molecule has 1 atom stereocenters. The van der Waals surface area contributed by atoms with Crippen molar-refractivity contribution in [3.05, 3.63) is 11.9 Å². The molecule has 1 aliphatic rings. The Morgan fingerprint density at radius 1 is 1.55 bits per heavy atom. The molecule has 9 heteroatoms. The molecular weight excluding hydrogens is 308 g/mol. The van der Waals surface area contributed by atoms with Crippen molar-refractivity contribution in [3.8, 4) is 0 Å². The van der Waals surface area contributed by atoms with Crippen LogP contribution < -0.4 is 0 Å². The largest absolute Gasteiger partial charge is 0.464 e. The van der Waals surface area contributed by atoms with Crippen LogP contribution in [0.15, 0.2) is 6.20 Å². The fourth-order valence-electron chi connectivity index (χ4n) is 2.61. The molecule has 0 N–H and O–H groups in total. The van der Waals surface area contributed by atoms with Crippen LogP contribution in [0.3, 0.4) is 0 Å². The lowest BCUT2D eigenvalue weighted by Crippen LogP contribution is -2.40. The summed E-state index contributed by atoms with van der Waals surface area (Å²) in [6, 6.07) is -0.0156. The Bertz CT molecular complexity index is 626. The maximum absolute atomic E-state index is 11.7. The number of rotatable bonds is 6. The molecule has 124 valence electrons. The van der Waals surface area contributed by atoms with E-state index in [1.54, 1.807) is 4.68 Å². The summed E-state index contributed by atoms with van der Waals surface area (Å²) in [5.74, 6) is 0.270. The highest BCUT2D eigenvalue weighted by atomic mass is 32.2. The number of methoxy groups -OCH3 is 1. The highest BCUT2D eigenvalue weighted by molar-refractivity contribution is 7.91. The van der Waals surface area contributed by atoms with Gasteiger partial charge in [0.15, 0.2) is 15.5 Å². The number of carbonyl (C=O) groups excluding carboxylic acids is 1. The molecule has 0 aromatic carbocycles. The second-order valence-electron chi connectivity index (χ2n) is 6.00. The summed E-state index contributed by atoms with van der Waals surface area (Å²) in [5.41, 5.74) is 0.144. The first-order valence-corrected chi connectivity index (χ1v) is 9.06. The second kappa shape index (κ2) is 6.74. The van der Waals surface area contributed by atoms with Crippen molar-refractivity contribution in [2.45, 2.75) is 33.0 Å². The first kappa shape index (κ1) is 16.9. The Labute approximate surface area is 130 Å². The molecule has 1 fully saturated rings. The summed E-state index contributed by atoms with van der Waals surface area (Å²) in [7, 11) is -1.65. The summed E-state index contributed by atoms with van der Waals surface area (Å²) in [6.07, 6.45) is 2.15. The molecule has 0 saturated carbocycles. The van der Waals surface area contributed by atoms with Crippen LogP contribution in [0.1, 0.15) is 30.8 Å². The number of esters is 1. The number of hydrogen-bond donors (Lipinski definition) is 0. The van der Waals surface area contributed by atoms with E-state index in [-0.39, 0.29) is 23.2 Å². The molecule has 8 nitrogen and oxygen atoms in total. The van der Waals surface area contributed by atoms with Gasteiger partial charge in [-0.1, -0.05) is 19.1 Å². The van der Waals surface area contributed by atoms with Crippen molar-refractivity contribution in [1.82, 2.24) is 19.9 Å². The minimum Gasteiger partial charge on any atom is -0.464 e. The van der Waals surface area contributed by atoms with Crippen molar-refractivity contribution in [1.29, 1.82) is 0 Å². The van der Waals surface area contributed by atoms with Crippen LogP contribution in [0.2, 0.25) is 0 Å². The fraction of sp³-hybridized carbons (Fsp3) is 0.769. The lowest BCUT2D eigenvalue weighted by atomic mass is 10.1. The Morgan fingerprint density at radius 2 is 2.27 bits per heavy atom. The first-order chi connectivity index (χ1) is 10.3. The standard InChI is InChI=1S/C13H22N4O4S/c1-10(2)6-16(11-4-5-22(19,20)8-11)9-17-7-12(14-15-17)13(18)21-3/h7,10-11H,4-6,8-9H2,1-3H3/t11-/m0/s1. The van der Waals surface area contributed by atoms with Gasteiger partial charge >= 0.3 is 5.97 Å². The predicted molar refractivity (Wildman–Crippen MR) is 80.0 cm³/mol. The molecule has 2 rings (SSSR count). The summed E-state index contributed by atoms with van der Waals surface area (Å²) >= 11 is 0. The van der Waals surface area contributed by atoms with E-state index >= 15 is 0 Å². The van der Waals surface area contributed by atoms with Crippen LogP contribution in [-0.2, 0) is 21.2 Å². The smallest absolute Gasteiger partial charge is 0.360 e. The minimum atomic E-state index is -2.94. The molecule has 1 aromatic heterocycles. The van der Waals surface area contributed by atoms with Gasteiger partial charge in [0, 0.05) is 12.6 Å². The van der Waals surface area contributed by atoms with Gasteiger partial charge in [-0.2, -0.15) is 0 Å². The Morgan fingerprint density at radius 3 is 2.82 bits per heavy atom. The number of nitrogens with zero attached hydrogens (tertiary/aromatic N) is 4. The number of carbonyl (C=O) groups is 1. The van der Waals surface area contributed by atoms with Crippen molar-refractivity contribution in [2.75, 3.05) is 25.2 Å². The number of aromatic nitrogens is 3. The summed E-state index contributed by atoms with van der Waals surface area (Å²) in [5, 5.41) is 7.68. The van der Waals surface area contributed by atoms with E-state index in [0.717, 1.165) is 6.54 Å². The number of ether oxygens (including phenoxy) is 1. The molecule has 1 saturated heterocycles. The van der Waals surface area contributed by atoms with Crippen molar-refractivity contribution < 1.29 is 17.9 Å². The number of sulfone groups is 1. The molecule has 0 radical (unpaired) electrons. The van der Waals surface area contributed by atoms with Gasteiger partial charge in [0.05, 0.1) is 31.5 Å². The summed E-state index contributed by atoms with van der Waals surface area (Å²) in [4.78, 5) is 13.5. The normalized spacial score (nSPS) is 20.7. The van der Waals surface area contributed by atoms with E-state index in [4.69, 9.17) is 0 Å². The van der Waals surface area contributed by atoms with E-state index in [1.807, 2.05) is 0 Å². The molecule has 1 aliphatic heterocycles. The zero-order chi connectivity index (χ0) is 16.3. The van der Waals surface area contributed by atoms with Crippen LogP contribution in [-0.4, -0.2) is 65.5 Å². The second-order valence-corrected chi connectivity index (χ2v) is 8.23. The van der Waals surface area contributed by atoms with Gasteiger partial charge in [0.25, 0.3) is 0 Å². The lowest BCUT2D eigenvalue weighted by Gasteiger charge is -2.29. The first-order valence-electron chi connectivity index (χ1n) is 7.23. The zero-order valence-corrected chi connectivity index (χ0v) is 13.9. The number of hydrogen-bond acceptors (Lipinski definition) is 7. The molecule has 0 aliphatic carbocycles. The van der Waals surface area contributed by atoms with Crippen LogP contribution in [0.25, 0.3) is 0 Å². The average molecular weight is 330 g/mol. The van der Waals surface area contributed by atoms with E-state index in [1.165, 1.54) is 13.3 Å². The molecule has 0 spiro atoms. The molecule has 2 heterocycles. The third-order valence-corrected chi connectivity index (χ3v) is 5.33. The third kappa shape index (κ3) is 4.26. The molecule has 0 amide bonds. The highest BCUT2D eigenvalue weighted by Crippen LogP contribution is 2.19. The van der Waals surface area contributed by atoms with Crippen LogP contribution in [0.4, 0.5) is 0 Å². The maximum atomic E-state index is 11.7. The van der Waals surface area contributed by atoms with E-state index in [9.17, 15) is 13.2 Å². The van der Waals surface area contributed by atoms with E-state index in [0.29, 0.717) is 19.0 Å². The Kier molecular flexibility index (Phi) is 5.17. The molecule has 0 unspecified atom stereocenters. The highest BCUT2D eigenvalue weighted by Gasteiger charge is 2.32. The van der Waals surface area contributed by atoms with Crippen LogP contribution in [0.5, 0.6) is 0 Å². The average Bonchev–Trinajstić information content (AvgIpc) is 3.03. The third-order valence-electron chi connectivity index (χ3n) is 3.58. The topological polar surface area (TPSA) is 94.4 Å². The fourth-order valence-corrected chi connectivity index (χ4v) is 4.37. The molecule has 22 heavy (non-hydrogen) atoms. The quantitative estimate of drug-likeness (QED) is 0.686. The SMILES string of the molecule is COC(=O)c1cn(CN(CC(C)C)[C@H]2CCS(=O)(=O)C2)nn1. The van der Waals surface area contributed by atoms with Gasteiger partial charge in [-0.05, 0) is 12.3 Å². The van der Waals surface area contributed by atoms with E-state index in [2.05, 4.69) is 33.8 Å². The summed E-state index contributed by atoms with van der Waals surface area (Å²) < 4.78 is 29.5. The van der Waals surface area contributed by atoms with Crippen molar-refractivity contribution in [3.63, 3.8) is 0 Å². The lowest BCUT2D eigenvalue weighted by molar-refractivity contribution is 0.0593. The van der Waals surface area contributed by atoms with E-state index < -0.39 is 15.8 Å². The Balaban J connectivity index is 2.10.